The Bertz CT molecular complexity index is 737. The van der Waals surface area contributed by atoms with Gasteiger partial charge in [0.2, 0.25) is 11.8 Å². The van der Waals surface area contributed by atoms with Crippen molar-refractivity contribution >= 4 is 5.91 Å². The van der Waals surface area contributed by atoms with Crippen LogP contribution in [0.15, 0.2) is 29.0 Å². The Labute approximate surface area is 141 Å². The highest BCUT2D eigenvalue weighted by molar-refractivity contribution is 5.92. The van der Waals surface area contributed by atoms with Gasteiger partial charge in [-0.25, -0.2) is 9.97 Å². The number of nitrogens with zero attached hydrogens (tertiary/aromatic N) is 3. The van der Waals surface area contributed by atoms with Gasteiger partial charge in [0, 0.05) is 12.6 Å². The summed E-state index contributed by atoms with van der Waals surface area (Å²) in [5.74, 6) is -0.101. The summed E-state index contributed by atoms with van der Waals surface area (Å²) in [6, 6.07) is 2.38. The molecule has 0 spiro atoms. The number of rotatable bonds is 6. The zero-order chi connectivity index (χ0) is 18.0. The maximum absolute atomic E-state index is 12.2. The van der Waals surface area contributed by atoms with Gasteiger partial charge in [0.1, 0.15) is 12.0 Å². The standard InChI is InChI=1S/C15H15F2N3O5/c1-8-11(21)5-20(8)14(22)10-6-23-13(19-10)7-24-12-3-2-9(4-18-12)25-15(16)17/h2-4,6,8,11,15,21H,5,7H2,1H3/t8-,11-/m0/s1. The van der Waals surface area contributed by atoms with Gasteiger partial charge in [0.05, 0.1) is 18.3 Å². The number of carbonyl (C=O) groups is 1. The molecule has 134 valence electrons. The molecule has 2 aromatic heterocycles. The fourth-order valence-electron chi connectivity index (χ4n) is 2.24. The van der Waals surface area contributed by atoms with Gasteiger partial charge in [-0.15, -0.1) is 0 Å². The van der Waals surface area contributed by atoms with Crippen LogP contribution < -0.4 is 9.47 Å². The van der Waals surface area contributed by atoms with Gasteiger partial charge in [-0.05, 0) is 13.0 Å². The van der Waals surface area contributed by atoms with Crippen molar-refractivity contribution in [1.82, 2.24) is 14.9 Å². The molecule has 1 fully saturated rings. The predicted molar refractivity (Wildman–Crippen MR) is 78.2 cm³/mol. The second-order valence-corrected chi connectivity index (χ2v) is 5.39. The summed E-state index contributed by atoms with van der Waals surface area (Å²) in [5, 5.41) is 9.45. The van der Waals surface area contributed by atoms with Crippen LogP contribution in [0.1, 0.15) is 23.3 Å². The lowest BCUT2D eigenvalue weighted by atomic mass is 10.0. The van der Waals surface area contributed by atoms with E-state index >= 15 is 0 Å². The van der Waals surface area contributed by atoms with Crippen LogP contribution in [0.5, 0.6) is 11.6 Å². The van der Waals surface area contributed by atoms with E-state index in [1.54, 1.807) is 6.92 Å². The van der Waals surface area contributed by atoms with E-state index in [9.17, 15) is 18.7 Å². The van der Waals surface area contributed by atoms with Crippen LogP contribution >= 0.6 is 0 Å². The molecule has 1 aliphatic rings. The van der Waals surface area contributed by atoms with Gasteiger partial charge in [-0.2, -0.15) is 8.78 Å². The Balaban J connectivity index is 1.54. The summed E-state index contributed by atoms with van der Waals surface area (Å²) >= 11 is 0. The second-order valence-electron chi connectivity index (χ2n) is 5.39. The number of ether oxygens (including phenoxy) is 2. The highest BCUT2D eigenvalue weighted by Gasteiger charge is 2.38. The lowest BCUT2D eigenvalue weighted by Gasteiger charge is -2.42. The van der Waals surface area contributed by atoms with Gasteiger partial charge < -0.3 is 23.9 Å². The fraction of sp³-hybridized carbons (Fsp3) is 0.400. The van der Waals surface area contributed by atoms with Gasteiger partial charge in [0.15, 0.2) is 12.3 Å². The Hall–Kier alpha value is -2.75. The number of amides is 1. The number of oxazole rings is 1. The molecule has 0 radical (unpaired) electrons. The summed E-state index contributed by atoms with van der Waals surface area (Å²) in [4.78, 5) is 21.5. The molecule has 1 saturated heterocycles. The minimum Gasteiger partial charge on any atom is -0.468 e. The molecule has 1 amide bonds. The number of carbonyl (C=O) groups excluding carboxylic acids is 1. The first-order chi connectivity index (χ1) is 11.9. The van der Waals surface area contributed by atoms with E-state index in [2.05, 4.69) is 14.7 Å². The Morgan fingerprint density at radius 2 is 2.32 bits per heavy atom. The molecule has 0 aromatic carbocycles. The van der Waals surface area contributed by atoms with Crippen molar-refractivity contribution < 1.29 is 32.6 Å². The SMILES string of the molecule is C[C@H]1[C@@H](O)CN1C(=O)c1coc(COc2ccc(OC(F)F)cn2)n1. The van der Waals surface area contributed by atoms with Gasteiger partial charge in [-0.3, -0.25) is 4.79 Å². The zero-order valence-electron chi connectivity index (χ0n) is 13.1. The molecule has 2 aromatic rings. The number of hydrogen-bond donors (Lipinski definition) is 1. The number of hydrogen-bond acceptors (Lipinski definition) is 7. The van der Waals surface area contributed by atoms with Crippen molar-refractivity contribution in [3.63, 3.8) is 0 Å². The van der Waals surface area contributed by atoms with Gasteiger partial charge in [0.25, 0.3) is 5.91 Å². The fourth-order valence-corrected chi connectivity index (χ4v) is 2.24. The molecule has 1 aliphatic heterocycles. The lowest BCUT2D eigenvalue weighted by molar-refractivity contribution is -0.0501. The largest absolute Gasteiger partial charge is 0.468 e. The van der Waals surface area contributed by atoms with E-state index in [-0.39, 0.29) is 48.3 Å². The second kappa shape index (κ2) is 7.01. The number of pyridine rings is 1. The molecule has 8 nitrogen and oxygen atoms in total. The summed E-state index contributed by atoms with van der Waals surface area (Å²) in [6.45, 7) is -1.01. The van der Waals surface area contributed by atoms with E-state index in [0.717, 1.165) is 6.20 Å². The van der Waals surface area contributed by atoms with Crippen molar-refractivity contribution in [3.05, 3.63) is 36.2 Å². The third-order valence-corrected chi connectivity index (χ3v) is 3.74. The van der Waals surface area contributed by atoms with Gasteiger partial charge >= 0.3 is 6.61 Å². The minimum atomic E-state index is -2.92. The van der Waals surface area contributed by atoms with Crippen molar-refractivity contribution in [1.29, 1.82) is 0 Å². The molecule has 2 atom stereocenters. The third kappa shape index (κ3) is 3.85. The van der Waals surface area contributed by atoms with E-state index in [0.29, 0.717) is 0 Å². The quantitative estimate of drug-likeness (QED) is 0.837. The lowest BCUT2D eigenvalue weighted by Crippen LogP contribution is -2.60. The summed E-state index contributed by atoms with van der Waals surface area (Å²) in [7, 11) is 0. The van der Waals surface area contributed by atoms with E-state index in [1.807, 2.05) is 0 Å². The van der Waals surface area contributed by atoms with Crippen molar-refractivity contribution in [3.8, 4) is 11.6 Å². The van der Waals surface area contributed by atoms with Crippen LogP contribution in [0.3, 0.4) is 0 Å². The highest BCUT2D eigenvalue weighted by Crippen LogP contribution is 2.21. The van der Waals surface area contributed by atoms with Gasteiger partial charge in [-0.1, -0.05) is 0 Å². The molecule has 1 N–H and O–H groups in total. The highest BCUT2D eigenvalue weighted by atomic mass is 19.3. The maximum atomic E-state index is 12.2. The summed E-state index contributed by atoms with van der Waals surface area (Å²) in [5.41, 5.74) is 0.117. The molecule has 3 heterocycles. The number of halogens is 2. The zero-order valence-corrected chi connectivity index (χ0v) is 13.1. The monoisotopic (exact) mass is 355 g/mol. The van der Waals surface area contributed by atoms with Crippen LogP contribution in [0, 0.1) is 0 Å². The van der Waals surface area contributed by atoms with Crippen LogP contribution in [0.4, 0.5) is 8.78 Å². The smallest absolute Gasteiger partial charge is 0.387 e. The van der Waals surface area contributed by atoms with E-state index in [4.69, 9.17) is 9.15 Å². The third-order valence-electron chi connectivity index (χ3n) is 3.74. The van der Waals surface area contributed by atoms with E-state index < -0.39 is 12.7 Å². The molecular formula is C15H15F2N3O5. The molecule has 3 rings (SSSR count). The van der Waals surface area contributed by atoms with Crippen molar-refractivity contribution in [2.75, 3.05) is 6.54 Å². The van der Waals surface area contributed by atoms with E-state index in [1.165, 1.54) is 23.3 Å². The van der Waals surface area contributed by atoms with Crippen LogP contribution in [-0.4, -0.2) is 51.2 Å². The normalized spacial score (nSPS) is 19.6. The summed E-state index contributed by atoms with van der Waals surface area (Å²) in [6.07, 6.45) is 1.79. The molecule has 25 heavy (non-hydrogen) atoms. The molecule has 0 saturated carbocycles. The molecule has 0 bridgehead atoms. The Morgan fingerprint density at radius 3 is 2.92 bits per heavy atom. The number of alkyl halides is 2. The Morgan fingerprint density at radius 1 is 1.52 bits per heavy atom. The van der Waals surface area contributed by atoms with Crippen LogP contribution in [0.2, 0.25) is 0 Å². The first-order valence-electron chi connectivity index (χ1n) is 7.41. The molecule has 0 aliphatic carbocycles. The topological polar surface area (TPSA) is 97.9 Å². The van der Waals surface area contributed by atoms with Crippen LogP contribution in [0.25, 0.3) is 0 Å². The van der Waals surface area contributed by atoms with Crippen molar-refractivity contribution in [2.24, 2.45) is 0 Å². The van der Waals surface area contributed by atoms with Crippen molar-refractivity contribution in [2.45, 2.75) is 32.3 Å². The molecule has 0 unspecified atom stereocenters. The average molecular weight is 355 g/mol. The number of aromatic nitrogens is 2. The Kier molecular flexibility index (Phi) is 4.79. The summed E-state index contributed by atoms with van der Waals surface area (Å²) < 4.78 is 38.7. The molecular weight excluding hydrogens is 340 g/mol. The first kappa shape index (κ1) is 17.1. The minimum absolute atomic E-state index is 0.0859. The number of β-amino-alcohol motifs (C(OH)–C–C–N with tert-alkyl or cyclic N) is 1. The number of aliphatic hydroxyl groups excluding tert-OH is 1. The van der Waals surface area contributed by atoms with Crippen LogP contribution in [-0.2, 0) is 6.61 Å². The average Bonchev–Trinajstić information content (AvgIpc) is 3.06. The molecule has 10 heteroatoms. The first-order valence-corrected chi connectivity index (χ1v) is 7.41. The predicted octanol–water partition coefficient (Wildman–Crippen LogP) is 1.46. The maximum Gasteiger partial charge on any atom is 0.387 e. The number of likely N-dealkylation sites (tertiary alicyclic amines) is 1. The number of aliphatic hydroxyl groups is 1.